The zero-order chi connectivity index (χ0) is 13.2. The fourth-order valence-electron chi connectivity index (χ4n) is 1.12. The molecule has 4 heteroatoms. The molecule has 0 N–H and O–H groups in total. The fourth-order valence-corrected chi connectivity index (χ4v) is 1.48. The van der Waals surface area contributed by atoms with Gasteiger partial charge in [0.2, 0.25) is 5.88 Å². The molecule has 0 spiro atoms. The van der Waals surface area contributed by atoms with Crippen molar-refractivity contribution in [2.45, 2.75) is 53.1 Å². The first-order valence-corrected chi connectivity index (χ1v) is 6.71. The van der Waals surface area contributed by atoms with E-state index in [-0.39, 0.29) is 11.5 Å². The highest BCUT2D eigenvalue weighted by molar-refractivity contribution is 9.10. The zero-order valence-electron chi connectivity index (χ0n) is 11.4. The third-order valence-corrected chi connectivity index (χ3v) is 2.99. The summed E-state index contributed by atoms with van der Waals surface area (Å²) in [4.78, 5) is 8.85. The van der Waals surface area contributed by atoms with Crippen LogP contribution < -0.4 is 4.74 Å². The van der Waals surface area contributed by atoms with E-state index < -0.39 is 0 Å². The molecule has 1 atom stereocenters. The number of halogens is 1. The summed E-state index contributed by atoms with van der Waals surface area (Å²) in [5, 5.41) is 0. The van der Waals surface area contributed by atoms with Gasteiger partial charge in [0.05, 0.1) is 6.10 Å². The van der Waals surface area contributed by atoms with Gasteiger partial charge in [0.15, 0.2) is 0 Å². The molecule has 0 amide bonds. The highest BCUT2D eigenvalue weighted by atomic mass is 79.9. The summed E-state index contributed by atoms with van der Waals surface area (Å²) in [5.41, 5.74) is -0.0804. The molecule has 0 saturated heterocycles. The smallest absolute Gasteiger partial charge is 0.218 e. The highest BCUT2D eigenvalue weighted by Crippen LogP contribution is 2.24. The molecule has 1 aromatic rings. The lowest BCUT2D eigenvalue weighted by Gasteiger charge is -2.20. The minimum atomic E-state index is -0.0804. The Morgan fingerprint density at radius 2 is 1.76 bits per heavy atom. The van der Waals surface area contributed by atoms with Crippen LogP contribution in [0.5, 0.6) is 5.88 Å². The summed E-state index contributed by atoms with van der Waals surface area (Å²) in [6.07, 6.45) is 0.143. The van der Waals surface area contributed by atoms with Gasteiger partial charge in [-0.05, 0) is 28.8 Å². The number of nitrogens with zero attached hydrogens (tertiary/aromatic N) is 2. The van der Waals surface area contributed by atoms with Crippen molar-refractivity contribution in [1.29, 1.82) is 0 Å². The van der Waals surface area contributed by atoms with E-state index in [4.69, 9.17) is 4.74 Å². The topological polar surface area (TPSA) is 35.0 Å². The van der Waals surface area contributed by atoms with Crippen LogP contribution in [0, 0.1) is 5.92 Å². The van der Waals surface area contributed by atoms with Crippen LogP contribution in [-0.2, 0) is 5.41 Å². The Morgan fingerprint density at radius 1 is 1.18 bits per heavy atom. The molecule has 1 rings (SSSR count). The van der Waals surface area contributed by atoms with Crippen LogP contribution in [0.3, 0.4) is 0 Å². The monoisotopic (exact) mass is 300 g/mol. The average Bonchev–Trinajstić information content (AvgIpc) is 2.15. The summed E-state index contributed by atoms with van der Waals surface area (Å²) < 4.78 is 6.58. The fraction of sp³-hybridized carbons (Fsp3) is 0.692. The van der Waals surface area contributed by atoms with Crippen molar-refractivity contribution in [1.82, 2.24) is 9.97 Å². The van der Waals surface area contributed by atoms with E-state index in [1.807, 2.05) is 6.07 Å². The van der Waals surface area contributed by atoms with Crippen LogP contribution in [0.2, 0.25) is 0 Å². The molecule has 1 aromatic heterocycles. The number of rotatable bonds is 3. The van der Waals surface area contributed by atoms with Crippen LogP contribution in [0.25, 0.3) is 0 Å². The first-order valence-electron chi connectivity index (χ1n) is 5.92. The van der Waals surface area contributed by atoms with Gasteiger partial charge in [-0.15, -0.1) is 0 Å². The second kappa shape index (κ2) is 5.34. The average molecular weight is 301 g/mol. The highest BCUT2D eigenvalue weighted by Gasteiger charge is 2.20. The van der Waals surface area contributed by atoms with Crippen molar-refractivity contribution in [3.63, 3.8) is 0 Å². The van der Waals surface area contributed by atoms with Gasteiger partial charge in [0, 0.05) is 11.5 Å². The lowest BCUT2D eigenvalue weighted by atomic mass is 9.96. The third-order valence-electron chi connectivity index (χ3n) is 2.59. The number of aromatic nitrogens is 2. The quantitative estimate of drug-likeness (QED) is 0.793. The molecule has 0 fully saturated rings. The lowest BCUT2D eigenvalue weighted by Crippen LogP contribution is -2.21. The SMILES string of the molecule is CC(C)C(C)Oc1cc(Br)nc(C(C)(C)C)n1. The minimum absolute atomic E-state index is 0.0804. The number of hydrogen-bond donors (Lipinski definition) is 0. The molecular formula is C13H21BrN2O. The summed E-state index contributed by atoms with van der Waals surface area (Å²) in [6, 6.07) is 1.81. The molecule has 0 aliphatic carbocycles. The van der Waals surface area contributed by atoms with Gasteiger partial charge in [-0.2, -0.15) is 4.98 Å². The maximum atomic E-state index is 5.81. The largest absolute Gasteiger partial charge is 0.474 e. The van der Waals surface area contributed by atoms with Crippen LogP contribution in [-0.4, -0.2) is 16.1 Å². The summed E-state index contributed by atoms with van der Waals surface area (Å²) >= 11 is 3.40. The Morgan fingerprint density at radius 3 is 2.24 bits per heavy atom. The van der Waals surface area contributed by atoms with E-state index in [2.05, 4.69) is 67.4 Å². The predicted molar refractivity (Wildman–Crippen MR) is 73.4 cm³/mol. The summed E-state index contributed by atoms with van der Waals surface area (Å²) in [6.45, 7) is 12.6. The van der Waals surface area contributed by atoms with E-state index in [9.17, 15) is 0 Å². The summed E-state index contributed by atoms with van der Waals surface area (Å²) in [5.74, 6) is 1.89. The maximum absolute atomic E-state index is 5.81. The molecule has 17 heavy (non-hydrogen) atoms. The molecule has 0 aromatic carbocycles. The van der Waals surface area contributed by atoms with Gasteiger partial charge in [-0.25, -0.2) is 4.98 Å². The second-order valence-corrected chi connectivity index (χ2v) is 6.48. The van der Waals surface area contributed by atoms with Crippen LogP contribution in [0.4, 0.5) is 0 Å². The third kappa shape index (κ3) is 4.26. The standard InChI is InChI=1S/C13H21BrN2O/c1-8(2)9(3)17-11-7-10(14)15-12(16-11)13(4,5)6/h7-9H,1-6H3. The van der Waals surface area contributed by atoms with Gasteiger partial charge in [0.25, 0.3) is 0 Å². The zero-order valence-corrected chi connectivity index (χ0v) is 13.0. The number of ether oxygens (including phenoxy) is 1. The van der Waals surface area contributed by atoms with Crippen LogP contribution in [0.15, 0.2) is 10.7 Å². The van der Waals surface area contributed by atoms with Crippen molar-refractivity contribution in [2.75, 3.05) is 0 Å². The van der Waals surface area contributed by atoms with E-state index in [1.54, 1.807) is 0 Å². The van der Waals surface area contributed by atoms with Gasteiger partial charge in [-0.1, -0.05) is 34.6 Å². The first-order chi connectivity index (χ1) is 7.70. The van der Waals surface area contributed by atoms with Crippen molar-refractivity contribution in [2.24, 2.45) is 5.92 Å². The molecule has 0 bridgehead atoms. The van der Waals surface area contributed by atoms with Crippen LogP contribution >= 0.6 is 15.9 Å². The minimum Gasteiger partial charge on any atom is -0.474 e. The molecule has 0 aliphatic rings. The second-order valence-electron chi connectivity index (χ2n) is 5.67. The Balaban J connectivity index is 2.98. The Labute approximate surface area is 112 Å². The van der Waals surface area contributed by atoms with Crippen LogP contribution in [0.1, 0.15) is 47.4 Å². The Hall–Kier alpha value is -0.640. The lowest BCUT2D eigenvalue weighted by molar-refractivity contribution is 0.162. The predicted octanol–water partition coefficient (Wildman–Crippen LogP) is 3.96. The van der Waals surface area contributed by atoms with E-state index in [1.165, 1.54) is 0 Å². The Bertz CT molecular complexity index is 385. The van der Waals surface area contributed by atoms with E-state index >= 15 is 0 Å². The summed E-state index contributed by atoms with van der Waals surface area (Å²) in [7, 11) is 0. The Kier molecular flexibility index (Phi) is 4.53. The van der Waals surface area contributed by atoms with Gasteiger partial charge in [-0.3, -0.25) is 0 Å². The normalized spacial score (nSPS) is 13.9. The number of hydrogen-bond acceptors (Lipinski definition) is 3. The molecule has 1 heterocycles. The molecule has 0 aliphatic heterocycles. The molecule has 0 saturated carbocycles. The molecule has 0 radical (unpaired) electrons. The first kappa shape index (κ1) is 14.4. The van der Waals surface area contributed by atoms with Gasteiger partial charge >= 0.3 is 0 Å². The molecular weight excluding hydrogens is 280 g/mol. The van der Waals surface area contributed by atoms with Crippen molar-refractivity contribution in [3.8, 4) is 5.88 Å². The van der Waals surface area contributed by atoms with E-state index in [0.29, 0.717) is 11.8 Å². The molecule has 3 nitrogen and oxygen atoms in total. The van der Waals surface area contributed by atoms with Gasteiger partial charge < -0.3 is 4.74 Å². The van der Waals surface area contributed by atoms with Crippen molar-refractivity contribution >= 4 is 15.9 Å². The van der Waals surface area contributed by atoms with E-state index in [0.717, 1.165) is 10.4 Å². The van der Waals surface area contributed by atoms with Crippen molar-refractivity contribution < 1.29 is 4.74 Å². The van der Waals surface area contributed by atoms with Crippen molar-refractivity contribution in [3.05, 3.63) is 16.5 Å². The molecule has 1 unspecified atom stereocenters. The molecule has 96 valence electrons. The maximum Gasteiger partial charge on any atom is 0.218 e. The van der Waals surface area contributed by atoms with Gasteiger partial charge in [0.1, 0.15) is 10.4 Å².